The van der Waals surface area contributed by atoms with Crippen LogP contribution in [0, 0.1) is 11.8 Å². The summed E-state index contributed by atoms with van der Waals surface area (Å²) < 4.78 is 0. The molecule has 0 aromatic rings. The van der Waals surface area contributed by atoms with E-state index in [0.29, 0.717) is 6.04 Å². The van der Waals surface area contributed by atoms with Gasteiger partial charge in [0.2, 0.25) is 0 Å². The predicted molar refractivity (Wildman–Crippen MR) is 82.2 cm³/mol. The average Bonchev–Trinajstić information content (AvgIpc) is 2.80. The van der Waals surface area contributed by atoms with Crippen LogP contribution in [0.2, 0.25) is 0 Å². The van der Waals surface area contributed by atoms with Gasteiger partial charge >= 0.3 is 0 Å². The van der Waals surface area contributed by atoms with Gasteiger partial charge in [-0.05, 0) is 58.2 Å². The third kappa shape index (κ3) is 2.98. The number of hydrogen-bond donors (Lipinski definition) is 1. The molecule has 112 valence electrons. The lowest BCUT2D eigenvalue weighted by Crippen LogP contribution is -2.62. The van der Waals surface area contributed by atoms with Crippen LogP contribution in [0.1, 0.15) is 46.0 Å². The molecule has 0 radical (unpaired) electrons. The highest BCUT2D eigenvalue weighted by molar-refractivity contribution is 5.04. The summed E-state index contributed by atoms with van der Waals surface area (Å²) in [7, 11) is 4.39. The van der Waals surface area contributed by atoms with Gasteiger partial charge in [-0.15, -0.1) is 0 Å². The van der Waals surface area contributed by atoms with Crippen LogP contribution >= 0.6 is 0 Å². The lowest BCUT2D eigenvalue weighted by Gasteiger charge is -2.53. The maximum absolute atomic E-state index is 6.31. The first-order valence-corrected chi connectivity index (χ1v) is 8.11. The van der Waals surface area contributed by atoms with E-state index in [4.69, 9.17) is 5.73 Å². The van der Waals surface area contributed by atoms with E-state index < -0.39 is 0 Å². The van der Waals surface area contributed by atoms with E-state index in [2.05, 4.69) is 37.7 Å². The lowest BCUT2D eigenvalue weighted by atomic mass is 9.68. The van der Waals surface area contributed by atoms with Crippen molar-refractivity contribution in [3.05, 3.63) is 0 Å². The van der Waals surface area contributed by atoms with Crippen molar-refractivity contribution in [3.63, 3.8) is 0 Å². The first-order valence-electron chi connectivity index (χ1n) is 8.11. The summed E-state index contributed by atoms with van der Waals surface area (Å²) >= 11 is 0. The van der Waals surface area contributed by atoms with Crippen molar-refractivity contribution >= 4 is 0 Å². The summed E-state index contributed by atoms with van der Waals surface area (Å²) in [6, 6.07) is 0.714. The summed E-state index contributed by atoms with van der Waals surface area (Å²) in [5, 5.41) is 0. The minimum Gasteiger partial charge on any atom is -0.329 e. The van der Waals surface area contributed by atoms with Crippen LogP contribution in [-0.4, -0.2) is 55.1 Å². The molecule has 1 saturated heterocycles. The Morgan fingerprint density at radius 3 is 2.58 bits per heavy atom. The average molecular weight is 267 g/mol. The van der Waals surface area contributed by atoms with Gasteiger partial charge in [-0.3, -0.25) is 4.90 Å². The molecule has 19 heavy (non-hydrogen) atoms. The van der Waals surface area contributed by atoms with Gasteiger partial charge in [0, 0.05) is 24.7 Å². The van der Waals surface area contributed by atoms with Crippen LogP contribution in [-0.2, 0) is 0 Å². The number of likely N-dealkylation sites (N-methyl/N-ethyl adjacent to an activating group) is 1. The predicted octanol–water partition coefficient (Wildman–Crippen LogP) is 2.17. The van der Waals surface area contributed by atoms with Crippen molar-refractivity contribution < 1.29 is 0 Å². The molecule has 2 fully saturated rings. The number of nitrogens with two attached hydrogens (primary N) is 1. The van der Waals surface area contributed by atoms with Crippen LogP contribution in [0.15, 0.2) is 0 Å². The number of nitrogens with zero attached hydrogens (tertiary/aromatic N) is 2. The second kappa shape index (κ2) is 6.11. The molecule has 3 nitrogen and oxygen atoms in total. The Balaban J connectivity index is 2.18. The normalized spacial score (nSPS) is 41.1. The zero-order chi connectivity index (χ0) is 14.0. The number of hydrogen-bond acceptors (Lipinski definition) is 3. The molecule has 0 amide bonds. The van der Waals surface area contributed by atoms with Gasteiger partial charge in [-0.25, -0.2) is 0 Å². The first kappa shape index (κ1) is 15.3. The fraction of sp³-hybridized carbons (Fsp3) is 1.00. The van der Waals surface area contributed by atoms with Gasteiger partial charge in [0.15, 0.2) is 0 Å². The first-order chi connectivity index (χ1) is 8.99. The lowest BCUT2D eigenvalue weighted by molar-refractivity contribution is -0.0175. The van der Waals surface area contributed by atoms with Gasteiger partial charge in [0.1, 0.15) is 0 Å². The minimum atomic E-state index is 0.273. The van der Waals surface area contributed by atoms with Crippen molar-refractivity contribution in [2.24, 2.45) is 17.6 Å². The highest BCUT2D eigenvalue weighted by Crippen LogP contribution is 2.43. The molecular formula is C16H33N3. The molecule has 0 aromatic carbocycles. The van der Waals surface area contributed by atoms with Gasteiger partial charge in [-0.2, -0.15) is 0 Å². The van der Waals surface area contributed by atoms with E-state index in [9.17, 15) is 0 Å². The molecule has 0 bridgehead atoms. The fourth-order valence-electron chi connectivity index (χ4n) is 4.55. The Hall–Kier alpha value is -0.120. The Kier molecular flexibility index (Phi) is 4.91. The van der Waals surface area contributed by atoms with Crippen LogP contribution in [0.5, 0.6) is 0 Å². The largest absolute Gasteiger partial charge is 0.329 e. The van der Waals surface area contributed by atoms with Crippen molar-refractivity contribution in [1.29, 1.82) is 0 Å². The molecule has 0 aromatic heterocycles. The fourth-order valence-corrected chi connectivity index (χ4v) is 4.55. The van der Waals surface area contributed by atoms with Crippen molar-refractivity contribution in [2.75, 3.05) is 33.7 Å². The molecule has 1 saturated carbocycles. The molecule has 1 aliphatic carbocycles. The van der Waals surface area contributed by atoms with Gasteiger partial charge < -0.3 is 10.6 Å². The highest BCUT2D eigenvalue weighted by atomic mass is 15.3. The zero-order valence-electron chi connectivity index (χ0n) is 13.4. The highest BCUT2D eigenvalue weighted by Gasteiger charge is 2.47. The third-order valence-corrected chi connectivity index (χ3v) is 5.59. The number of rotatable bonds is 4. The molecular weight excluding hydrogens is 234 g/mol. The SMILES string of the molecule is CC1CCC(C)C(CN)(N2CCCC2CN(C)C)C1. The van der Waals surface area contributed by atoms with Gasteiger partial charge in [-0.1, -0.05) is 20.3 Å². The van der Waals surface area contributed by atoms with Gasteiger partial charge in [0.05, 0.1) is 0 Å². The molecule has 3 heteroatoms. The van der Waals surface area contributed by atoms with Crippen LogP contribution in [0.3, 0.4) is 0 Å². The Bertz CT molecular complexity index is 292. The third-order valence-electron chi connectivity index (χ3n) is 5.59. The van der Waals surface area contributed by atoms with Crippen molar-refractivity contribution in [3.8, 4) is 0 Å². The second-order valence-corrected chi connectivity index (χ2v) is 7.35. The second-order valence-electron chi connectivity index (χ2n) is 7.35. The van der Waals surface area contributed by atoms with E-state index in [1.165, 1.54) is 45.2 Å². The standard InChI is InChI=1S/C16H33N3/c1-13-7-8-14(2)16(10-13,12-17)19-9-5-6-15(19)11-18(3)4/h13-15H,5-12,17H2,1-4H3. The Morgan fingerprint density at radius 1 is 1.21 bits per heavy atom. The minimum absolute atomic E-state index is 0.273. The van der Waals surface area contributed by atoms with Gasteiger partial charge in [0.25, 0.3) is 0 Å². The van der Waals surface area contributed by atoms with E-state index in [1.54, 1.807) is 0 Å². The molecule has 1 aliphatic heterocycles. The van der Waals surface area contributed by atoms with Crippen LogP contribution in [0.4, 0.5) is 0 Å². The summed E-state index contributed by atoms with van der Waals surface area (Å²) in [6.07, 6.45) is 6.73. The monoisotopic (exact) mass is 267 g/mol. The van der Waals surface area contributed by atoms with Crippen molar-refractivity contribution in [1.82, 2.24) is 9.80 Å². The van der Waals surface area contributed by atoms with Crippen LogP contribution < -0.4 is 5.73 Å². The maximum Gasteiger partial charge on any atom is 0.0363 e. The molecule has 2 rings (SSSR count). The summed E-state index contributed by atoms with van der Waals surface area (Å²) in [5.74, 6) is 1.58. The Labute approximate surface area is 119 Å². The molecule has 2 aliphatic rings. The Morgan fingerprint density at radius 2 is 1.95 bits per heavy atom. The molecule has 4 unspecified atom stereocenters. The zero-order valence-corrected chi connectivity index (χ0v) is 13.4. The van der Waals surface area contributed by atoms with Crippen molar-refractivity contribution in [2.45, 2.75) is 57.5 Å². The summed E-state index contributed by atoms with van der Waals surface area (Å²) in [4.78, 5) is 5.14. The molecule has 1 heterocycles. The van der Waals surface area contributed by atoms with E-state index in [0.717, 1.165) is 18.4 Å². The summed E-state index contributed by atoms with van der Waals surface area (Å²) in [5.41, 5.74) is 6.58. The molecule has 4 atom stereocenters. The number of likely N-dealkylation sites (tertiary alicyclic amines) is 1. The van der Waals surface area contributed by atoms with E-state index >= 15 is 0 Å². The summed E-state index contributed by atoms with van der Waals surface area (Å²) in [6.45, 7) is 8.12. The maximum atomic E-state index is 6.31. The van der Waals surface area contributed by atoms with E-state index in [-0.39, 0.29) is 5.54 Å². The quantitative estimate of drug-likeness (QED) is 0.847. The van der Waals surface area contributed by atoms with E-state index in [1.807, 2.05) is 0 Å². The van der Waals surface area contributed by atoms with Crippen LogP contribution in [0.25, 0.3) is 0 Å². The topological polar surface area (TPSA) is 32.5 Å². The molecule has 0 spiro atoms. The smallest absolute Gasteiger partial charge is 0.0363 e. The molecule has 2 N–H and O–H groups in total.